The number of aromatic nitrogens is 3. The normalized spacial score (nSPS) is 12.7. The minimum Gasteiger partial charge on any atom is -0.236 e. The fourth-order valence-corrected chi connectivity index (χ4v) is 2.61. The van der Waals surface area contributed by atoms with Gasteiger partial charge in [0.1, 0.15) is 4.90 Å². The highest BCUT2D eigenvalue weighted by Gasteiger charge is 2.31. The molecule has 10 heteroatoms. The van der Waals surface area contributed by atoms with Crippen LogP contribution in [0.25, 0.3) is 5.82 Å². The summed E-state index contributed by atoms with van der Waals surface area (Å²) in [6.07, 6.45) is -2.84. The molecule has 0 aliphatic carbocycles. The Kier molecular flexibility index (Phi) is 3.51. The van der Waals surface area contributed by atoms with Gasteiger partial charge in [0.15, 0.2) is 5.82 Å². The Bertz CT molecular complexity index is 738. The molecule has 0 unspecified atom stereocenters. The first kappa shape index (κ1) is 14.8. The van der Waals surface area contributed by atoms with Crippen molar-refractivity contribution in [2.45, 2.75) is 18.0 Å². The fourth-order valence-electron chi connectivity index (χ4n) is 1.54. The number of hydrogen-bond acceptors (Lipinski definition) is 4. The zero-order valence-electron chi connectivity index (χ0n) is 9.89. The van der Waals surface area contributed by atoms with Gasteiger partial charge in [0.05, 0.1) is 17.5 Å². The third kappa shape index (κ3) is 2.78. The molecule has 0 aliphatic heterocycles. The monoisotopic (exact) mass is 325 g/mol. The zero-order chi connectivity index (χ0) is 15.1. The molecule has 5 nitrogen and oxygen atoms in total. The lowest BCUT2D eigenvalue weighted by atomic mass is 10.3. The molecule has 2 aromatic rings. The number of alkyl halides is 3. The summed E-state index contributed by atoms with van der Waals surface area (Å²) in [7, 11) is 1.23. The molecule has 0 bridgehead atoms. The quantitative estimate of drug-likeness (QED) is 0.796. The van der Waals surface area contributed by atoms with Gasteiger partial charge >= 0.3 is 6.18 Å². The Morgan fingerprint density at radius 3 is 2.30 bits per heavy atom. The van der Waals surface area contributed by atoms with Crippen LogP contribution in [-0.2, 0) is 15.2 Å². The van der Waals surface area contributed by atoms with E-state index < -0.39 is 20.8 Å². The van der Waals surface area contributed by atoms with Crippen molar-refractivity contribution in [2.75, 3.05) is 0 Å². The average Bonchev–Trinajstić information content (AvgIpc) is 2.70. The Hall–Kier alpha value is -1.61. The van der Waals surface area contributed by atoms with Crippen LogP contribution in [0.5, 0.6) is 0 Å². The Morgan fingerprint density at radius 2 is 1.90 bits per heavy atom. The minimum absolute atomic E-state index is 0.0575. The van der Waals surface area contributed by atoms with E-state index in [0.29, 0.717) is 6.20 Å². The van der Waals surface area contributed by atoms with E-state index in [2.05, 4.69) is 10.1 Å². The maximum atomic E-state index is 12.4. The van der Waals surface area contributed by atoms with Gasteiger partial charge in [0.25, 0.3) is 9.05 Å². The highest BCUT2D eigenvalue weighted by molar-refractivity contribution is 8.13. The number of rotatable bonds is 2. The van der Waals surface area contributed by atoms with Crippen LogP contribution in [0.1, 0.15) is 11.3 Å². The number of nitrogens with zero attached hydrogens (tertiary/aromatic N) is 3. The van der Waals surface area contributed by atoms with Crippen LogP contribution in [0.15, 0.2) is 29.4 Å². The molecule has 2 rings (SSSR count). The molecule has 108 valence electrons. The standard InChI is InChI=1S/C10H7ClF3N3O2S/c1-6-8(20(11,18)19)5-16-17(6)9-3-2-7(4-15-9)10(12,13)14/h2-5H,1H3. The van der Waals surface area contributed by atoms with Crippen LogP contribution < -0.4 is 0 Å². The first-order chi connectivity index (χ1) is 9.10. The molecule has 0 aromatic carbocycles. The van der Waals surface area contributed by atoms with Crippen molar-refractivity contribution >= 4 is 19.7 Å². The van der Waals surface area contributed by atoms with Crippen molar-refractivity contribution in [2.24, 2.45) is 0 Å². The molecule has 0 atom stereocenters. The van der Waals surface area contributed by atoms with Crippen molar-refractivity contribution in [1.29, 1.82) is 0 Å². The van der Waals surface area contributed by atoms with Crippen molar-refractivity contribution < 1.29 is 21.6 Å². The summed E-state index contributed by atoms with van der Waals surface area (Å²) in [4.78, 5) is 3.39. The van der Waals surface area contributed by atoms with Crippen LogP contribution in [0.3, 0.4) is 0 Å². The van der Waals surface area contributed by atoms with Gasteiger partial charge in [0, 0.05) is 16.9 Å². The molecule has 0 spiro atoms. The lowest BCUT2D eigenvalue weighted by Gasteiger charge is -2.07. The van der Waals surface area contributed by atoms with Gasteiger partial charge in [-0.05, 0) is 19.1 Å². The molecule has 0 amide bonds. The Labute approximate surface area is 116 Å². The van der Waals surface area contributed by atoms with Crippen molar-refractivity contribution in [3.05, 3.63) is 35.8 Å². The highest BCUT2D eigenvalue weighted by Crippen LogP contribution is 2.29. The van der Waals surface area contributed by atoms with Crippen molar-refractivity contribution in [3.8, 4) is 5.82 Å². The summed E-state index contributed by atoms with van der Waals surface area (Å²) in [6, 6.07) is 1.92. The van der Waals surface area contributed by atoms with E-state index in [1.807, 2.05) is 0 Å². The fraction of sp³-hybridized carbons (Fsp3) is 0.200. The lowest BCUT2D eigenvalue weighted by Crippen LogP contribution is -2.08. The van der Waals surface area contributed by atoms with Crippen LogP contribution in [-0.4, -0.2) is 23.2 Å². The van der Waals surface area contributed by atoms with Gasteiger partial charge in [-0.1, -0.05) is 0 Å². The predicted octanol–water partition coefficient (Wildman–Crippen LogP) is 2.52. The first-order valence-electron chi connectivity index (χ1n) is 5.13. The van der Waals surface area contributed by atoms with Gasteiger partial charge in [-0.2, -0.15) is 18.3 Å². The van der Waals surface area contributed by atoms with Gasteiger partial charge in [0.2, 0.25) is 0 Å². The summed E-state index contributed by atoms with van der Waals surface area (Å²) in [6.45, 7) is 1.42. The second-order valence-electron chi connectivity index (χ2n) is 3.85. The Balaban J connectivity index is 2.46. The zero-order valence-corrected chi connectivity index (χ0v) is 11.5. The molecule has 0 N–H and O–H groups in total. The molecule has 2 heterocycles. The maximum Gasteiger partial charge on any atom is 0.417 e. The SMILES string of the molecule is Cc1c(S(=O)(=O)Cl)cnn1-c1ccc(C(F)(F)F)cn1. The number of hydrogen-bond donors (Lipinski definition) is 0. The molecule has 0 radical (unpaired) electrons. The smallest absolute Gasteiger partial charge is 0.236 e. The Morgan fingerprint density at radius 1 is 1.25 bits per heavy atom. The third-order valence-corrected chi connectivity index (χ3v) is 3.94. The molecule has 0 fully saturated rings. The van der Waals surface area contributed by atoms with E-state index in [4.69, 9.17) is 10.7 Å². The van der Waals surface area contributed by atoms with E-state index in [9.17, 15) is 21.6 Å². The second kappa shape index (κ2) is 4.74. The predicted molar refractivity (Wildman–Crippen MR) is 64.1 cm³/mol. The van der Waals surface area contributed by atoms with Crippen LogP contribution >= 0.6 is 10.7 Å². The minimum atomic E-state index is -4.49. The van der Waals surface area contributed by atoms with Crippen LogP contribution in [0, 0.1) is 6.92 Å². The number of halogens is 4. The van der Waals surface area contributed by atoms with E-state index in [0.717, 1.165) is 23.0 Å². The first-order valence-corrected chi connectivity index (χ1v) is 7.44. The molecule has 0 aliphatic rings. The van der Waals surface area contributed by atoms with Crippen molar-refractivity contribution in [3.63, 3.8) is 0 Å². The highest BCUT2D eigenvalue weighted by atomic mass is 35.7. The largest absolute Gasteiger partial charge is 0.417 e. The molecule has 20 heavy (non-hydrogen) atoms. The third-order valence-electron chi connectivity index (χ3n) is 2.52. The molecule has 0 saturated carbocycles. The maximum absolute atomic E-state index is 12.4. The van der Waals surface area contributed by atoms with E-state index >= 15 is 0 Å². The molecular formula is C10H7ClF3N3O2S. The van der Waals surface area contributed by atoms with Gasteiger partial charge in [-0.15, -0.1) is 0 Å². The van der Waals surface area contributed by atoms with E-state index in [1.165, 1.54) is 6.92 Å². The lowest BCUT2D eigenvalue weighted by molar-refractivity contribution is -0.137. The summed E-state index contributed by atoms with van der Waals surface area (Å²) < 4.78 is 60.8. The van der Waals surface area contributed by atoms with Gasteiger partial charge < -0.3 is 0 Å². The van der Waals surface area contributed by atoms with E-state index in [-0.39, 0.29) is 16.4 Å². The van der Waals surface area contributed by atoms with Gasteiger partial charge in [-0.3, -0.25) is 0 Å². The van der Waals surface area contributed by atoms with E-state index in [1.54, 1.807) is 0 Å². The molecule has 2 aromatic heterocycles. The van der Waals surface area contributed by atoms with Crippen LogP contribution in [0.4, 0.5) is 13.2 Å². The second-order valence-corrected chi connectivity index (χ2v) is 6.38. The summed E-state index contributed by atoms with van der Waals surface area (Å²) in [5.74, 6) is 0.0575. The van der Waals surface area contributed by atoms with Gasteiger partial charge in [-0.25, -0.2) is 18.1 Å². The van der Waals surface area contributed by atoms with Crippen molar-refractivity contribution in [1.82, 2.24) is 14.8 Å². The topological polar surface area (TPSA) is 64.8 Å². The summed E-state index contributed by atoms with van der Waals surface area (Å²) >= 11 is 0. The molecular weight excluding hydrogens is 319 g/mol. The summed E-state index contributed by atoms with van der Waals surface area (Å²) in [5.41, 5.74) is -0.747. The summed E-state index contributed by atoms with van der Waals surface area (Å²) in [5, 5.41) is 3.75. The van der Waals surface area contributed by atoms with Crippen LogP contribution in [0.2, 0.25) is 0 Å². The average molecular weight is 326 g/mol. The molecule has 0 saturated heterocycles. The number of pyridine rings is 1.